The molecule has 1 aromatic carbocycles. The first kappa shape index (κ1) is 18.6. The average molecular weight is 412 g/mol. The first-order valence-corrected chi connectivity index (χ1v) is 12.2. The van der Waals surface area contributed by atoms with E-state index >= 15 is 0 Å². The molecule has 0 aliphatic heterocycles. The third kappa shape index (κ3) is 2.34. The molecule has 28 heavy (non-hydrogen) atoms. The normalized spacial score (nSPS) is 31.1. The second-order valence-corrected chi connectivity index (χ2v) is 11.9. The molecule has 4 heteroatoms. The van der Waals surface area contributed by atoms with Crippen LogP contribution in [0.5, 0.6) is 0 Å². The third-order valence-corrected chi connectivity index (χ3v) is 10.8. The summed E-state index contributed by atoms with van der Waals surface area (Å²) >= 11 is 3.50. The van der Waals surface area contributed by atoms with E-state index in [1.54, 1.807) is 11.3 Å². The minimum atomic E-state index is 0.115. The van der Waals surface area contributed by atoms with Gasteiger partial charge in [0.2, 0.25) is 0 Å². The summed E-state index contributed by atoms with van der Waals surface area (Å²) in [6, 6.07) is 9.10. The van der Waals surface area contributed by atoms with Crippen LogP contribution in [0.25, 0.3) is 20.2 Å². The van der Waals surface area contributed by atoms with Crippen LogP contribution < -0.4 is 5.32 Å². The number of hydrogen-bond donors (Lipinski definition) is 1. The topological polar surface area (TPSA) is 29.1 Å². The number of carbonyl (C=O) groups excluding carboxylic acids is 1. The van der Waals surface area contributed by atoms with Crippen molar-refractivity contribution in [1.29, 1.82) is 0 Å². The first-order chi connectivity index (χ1) is 13.3. The quantitative estimate of drug-likeness (QED) is 0.500. The number of fused-ring (bicyclic) bond motifs is 5. The van der Waals surface area contributed by atoms with Crippen molar-refractivity contribution in [3.8, 4) is 0 Å². The molecule has 2 nitrogen and oxygen atoms in total. The molecule has 1 amide bonds. The Bertz CT molecular complexity index is 1090. The SMILES string of the molecule is CCc1cc2c(ccc3sc(C(=O)N[C@@H]4[C@H]5CC[C@@](C)([C@@H]4C)C5(C)C)cc32)s1. The molecule has 2 fully saturated rings. The maximum atomic E-state index is 13.2. The fourth-order valence-corrected chi connectivity index (χ4v) is 8.17. The Balaban J connectivity index is 1.47. The van der Waals surface area contributed by atoms with Gasteiger partial charge in [0.05, 0.1) is 4.88 Å². The first-order valence-electron chi connectivity index (χ1n) is 10.5. The summed E-state index contributed by atoms with van der Waals surface area (Å²) in [5.41, 5.74) is 0.624. The lowest BCUT2D eigenvalue weighted by atomic mass is 9.67. The van der Waals surface area contributed by atoms with Gasteiger partial charge < -0.3 is 5.32 Å². The van der Waals surface area contributed by atoms with Crippen molar-refractivity contribution in [2.45, 2.75) is 59.9 Å². The van der Waals surface area contributed by atoms with Crippen LogP contribution in [0.15, 0.2) is 24.3 Å². The molecule has 2 heterocycles. The summed E-state index contributed by atoms with van der Waals surface area (Å²) in [6.45, 7) is 11.8. The van der Waals surface area contributed by atoms with E-state index in [0.29, 0.717) is 28.7 Å². The smallest absolute Gasteiger partial charge is 0.261 e. The molecule has 2 aliphatic rings. The van der Waals surface area contributed by atoms with E-state index < -0.39 is 0 Å². The highest BCUT2D eigenvalue weighted by atomic mass is 32.1. The Morgan fingerprint density at radius 2 is 1.82 bits per heavy atom. The fourth-order valence-electron chi connectivity index (χ4n) is 6.17. The van der Waals surface area contributed by atoms with Crippen LogP contribution in [0, 0.1) is 22.7 Å². The Kier molecular flexibility index (Phi) is 4.03. The molecule has 0 unspecified atom stereocenters. The van der Waals surface area contributed by atoms with Crippen LogP contribution in [-0.2, 0) is 6.42 Å². The Morgan fingerprint density at radius 3 is 2.46 bits per heavy atom. The number of aryl methyl sites for hydroxylation is 1. The van der Waals surface area contributed by atoms with Gasteiger partial charge in [0.25, 0.3) is 5.91 Å². The standard InChI is InChI=1S/C24H29NOS2/c1-6-14-11-15-16-12-20(28-19(16)8-7-18(15)27-14)22(26)25-21-13(2)24(5)10-9-17(21)23(24,3)4/h7-8,11-13,17,21H,6,9-10H2,1-5H3,(H,25,26)/t13-,17-,21+,24+/m1/s1. The number of amides is 1. The van der Waals surface area contributed by atoms with Gasteiger partial charge >= 0.3 is 0 Å². The van der Waals surface area contributed by atoms with E-state index in [0.717, 1.165) is 11.3 Å². The molecule has 2 saturated carbocycles. The number of rotatable bonds is 3. The van der Waals surface area contributed by atoms with Crippen LogP contribution >= 0.6 is 22.7 Å². The lowest BCUT2D eigenvalue weighted by molar-refractivity contribution is 0.0877. The molecule has 4 atom stereocenters. The molecule has 3 aromatic rings. The summed E-state index contributed by atoms with van der Waals surface area (Å²) in [6.07, 6.45) is 3.59. The van der Waals surface area contributed by atoms with Crippen molar-refractivity contribution in [3.05, 3.63) is 34.0 Å². The molecular weight excluding hydrogens is 382 g/mol. The van der Waals surface area contributed by atoms with Crippen molar-refractivity contribution in [2.75, 3.05) is 0 Å². The van der Waals surface area contributed by atoms with Gasteiger partial charge in [-0.2, -0.15) is 0 Å². The monoisotopic (exact) mass is 411 g/mol. The zero-order valence-corrected chi connectivity index (χ0v) is 19.0. The van der Waals surface area contributed by atoms with Gasteiger partial charge in [0.15, 0.2) is 0 Å². The lowest BCUT2D eigenvalue weighted by Gasteiger charge is -2.38. The highest BCUT2D eigenvalue weighted by Crippen LogP contribution is 2.67. The van der Waals surface area contributed by atoms with Crippen LogP contribution in [0.1, 0.15) is 62.0 Å². The van der Waals surface area contributed by atoms with E-state index in [1.807, 2.05) is 11.3 Å². The van der Waals surface area contributed by atoms with Gasteiger partial charge in [-0.05, 0) is 66.2 Å². The molecule has 0 radical (unpaired) electrons. The summed E-state index contributed by atoms with van der Waals surface area (Å²) in [7, 11) is 0. The molecule has 2 aromatic heterocycles. The predicted octanol–water partition coefficient (Wildman–Crippen LogP) is 6.87. The van der Waals surface area contributed by atoms with Crippen molar-refractivity contribution in [2.24, 2.45) is 22.7 Å². The Morgan fingerprint density at radius 1 is 1.14 bits per heavy atom. The van der Waals surface area contributed by atoms with E-state index in [-0.39, 0.29) is 5.91 Å². The van der Waals surface area contributed by atoms with Crippen LogP contribution in [0.2, 0.25) is 0 Å². The maximum Gasteiger partial charge on any atom is 0.261 e. The number of carbonyl (C=O) groups is 1. The van der Waals surface area contributed by atoms with Crippen LogP contribution in [0.3, 0.4) is 0 Å². The molecule has 1 N–H and O–H groups in total. The van der Waals surface area contributed by atoms with Crippen molar-refractivity contribution < 1.29 is 4.79 Å². The molecule has 2 aliphatic carbocycles. The minimum Gasteiger partial charge on any atom is -0.348 e. The van der Waals surface area contributed by atoms with Gasteiger partial charge in [-0.25, -0.2) is 0 Å². The molecule has 0 spiro atoms. The fraction of sp³-hybridized carbons (Fsp3) is 0.542. The van der Waals surface area contributed by atoms with Gasteiger partial charge in [-0.3, -0.25) is 4.79 Å². The average Bonchev–Trinajstić information content (AvgIpc) is 3.35. The maximum absolute atomic E-state index is 13.2. The molecule has 0 saturated heterocycles. The number of thiophene rings is 2. The second kappa shape index (κ2) is 6.06. The van der Waals surface area contributed by atoms with Crippen molar-refractivity contribution in [1.82, 2.24) is 5.32 Å². The van der Waals surface area contributed by atoms with Crippen molar-refractivity contribution in [3.63, 3.8) is 0 Å². The Labute approximate surface area is 175 Å². The molecule has 5 rings (SSSR count). The summed E-state index contributed by atoms with van der Waals surface area (Å²) in [5.74, 6) is 1.22. The number of benzene rings is 1. The van der Waals surface area contributed by atoms with Gasteiger partial charge in [0, 0.05) is 31.1 Å². The van der Waals surface area contributed by atoms with E-state index in [4.69, 9.17) is 0 Å². The molecule has 148 valence electrons. The van der Waals surface area contributed by atoms with E-state index in [9.17, 15) is 4.79 Å². The summed E-state index contributed by atoms with van der Waals surface area (Å²) in [4.78, 5) is 15.5. The van der Waals surface area contributed by atoms with Crippen LogP contribution in [-0.4, -0.2) is 11.9 Å². The lowest BCUT2D eigenvalue weighted by Crippen LogP contribution is -2.44. The second-order valence-electron chi connectivity index (χ2n) is 9.64. The number of nitrogens with one attached hydrogen (secondary N) is 1. The van der Waals surface area contributed by atoms with Gasteiger partial charge in [-0.15, -0.1) is 22.7 Å². The highest BCUT2D eigenvalue weighted by molar-refractivity contribution is 7.22. The summed E-state index contributed by atoms with van der Waals surface area (Å²) < 4.78 is 2.54. The van der Waals surface area contributed by atoms with Crippen molar-refractivity contribution >= 4 is 48.8 Å². The van der Waals surface area contributed by atoms with Gasteiger partial charge in [0.1, 0.15) is 0 Å². The van der Waals surface area contributed by atoms with E-state index in [1.165, 1.54) is 37.9 Å². The van der Waals surface area contributed by atoms with Gasteiger partial charge in [-0.1, -0.05) is 34.6 Å². The molecule has 2 bridgehead atoms. The highest BCUT2D eigenvalue weighted by Gasteiger charge is 2.64. The third-order valence-electron chi connectivity index (χ3n) is 8.47. The minimum absolute atomic E-state index is 0.115. The zero-order valence-electron chi connectivity index (χ0n) is 17.4. The Hall–Kier alpha value is -1.39. The zero-order chi connectivity index (χ0) is 19.8. The predicted molar refractivity (Wildman–Crippen MR) is 122 cm³/mol. The van der Waals surface area contributed by atoms with E-state index in [2.05, 4.69) is 64.2 Å². The summed E-state index contributed by atoms with van der Waals surface area (Å²) in [5, 5.41) is 5.99. The van der Waals surface area contributed by atoms with Crippen LogP contribution in [0.4, 0.5) is 0 Å². The molecular formula is C24H29NOS2. The number of hydrogen-bond acceptors (Lipinski definition) is 3. The largest absolute Gasteiger partial charge is 0.348 e.